The lowest BCUT2D eigenvalue weighted by Gasteiger charge is -2.10. The molecule has 3 aromatic rings. The van der Waals surface area contributed by atoms with Crippen molar-refractivity contribution in [2.45, 2.75) is 27.3 Å². The Labute approximate surface area is 135 Å². The Bertz CT molecular complexity index is 868. The van der Waals surface area contributed by atoms with Crippen LogP contribution >= 0.6 is 0 Å². The Morgan fingerprint density at radius 3 is 2.61 bits per heavy atom. The zero-order valence-electron chi connectivity index (χ0n) is 13.9. The summed E-state index contributed by atoms with van der Waals surface area (Å²) in [5.74, 6) is 0.847. The largest absolute Gasteiger partial charge is 0.497 e. The van der Waals surface area contributed by atoms with Crippen LogP contribution in [0, 0.1) is 20.8 Å². The van der Waals surface area contributed by atoms with Crippen molar-refractivity contribution in [3.05, 3.63) is 41.2 Å². The zero-order valence-corrected chi connectivity index (χ0v) is 13.9. The maximum atomic E-state index is 9.07. The number of rotatable bonds is 4. The highest BCUT2D eigenvalue weighted by atomic mass is 16.5. The number of aliphatic hydroxyl groups is 1. The van der Waals surface area contributed by atoms with Crippen LogP contribution in [0.4, 0.5) is 0 Å². The molecule has 0 aliphatic carbocycles. The van der Waals surface area contributed by atoms with Crippen LogP contribution in [0.3, 0.4) is 0 Å². The van der Waals surface area contributed by atoms with Crippen molar-refractivity contribution in [2.24, 2.45) is 0 Å². The lowest BCUT2D eigenvalue weighted by atomic mass is 10.0. The SMILES string of the molecule is COc1cc(C)c2nc(-c3cn(CCO)nc3C)cc(C)c2c1. The molecule has 0 spiro atoms. The lowest BCUT2D eigenvalue weighted by molar-refractivity contribution is 0.269. The van der Waals surface area contributed by atoms with Gasteiger partial charge in [0, 0.05) is 17.1 Å². The number of nitrogens with zero attached hydrogens (tertiary/aromatic N) is 3. The second kappa shape index (κ2) is 6.01. The molecule has 0 radical (unpaired) electrons. The predicted molar refractivity (Wildman–Crippen MR) is 90.8 cm³/mol. The molecule has 2 aromatic heterocycles. The second-order valence-electron chi connectivity index (χ2n) is 5.78. The first-order chi connectivity index (χ1) is 11.0. The summed E-state index contributed by atoms with van der Waals surface area (Å²) < 4.78 is 7.11. The minimum Gasteiger partial charge on any atom is -0.497 e. The van der Waals surface area contributed by atoms with Crippen molar-refractivity contribution in [3.8, 4) is 17.0 Å². The maximum absolute atomic E-state index is 9.07. The molecule has 120 valence electrons. The van der Waals surface area contributed by atoms with Crippen molar-refractivity contribution < 1.29 is 9.84 Å². The number of ether oxygens (including phenoxy) is 1. The number of fused-ring (bicyclic) bond motifs is 1. The number of hydrogen-bond donors (Lipinski definition) is 1. The normalized spacial score (nSPS) is 11.2. The van der Waals surface area contributed by atoms with Crippen molar-refractivity contribution >= 4 is 10.9 Å². The smallest absolute Gasteiger partial charge is 0.119 e. The van der Waals surface area contributed by atoms with E-state index in [4.69, 9.17) is 14.8 Å². The monoisotopic (exact) mass is 311 g/mol. The molecule has 1 aromatic carbocycles. The molecule has 0 fully saturated rings. The summed E-state index contributed by atoms with van der Waals surface area (Å²) in [5, 5.41) is 14.6. The molecule has 5 nitrogen and oxygen atoms in total. The first kappa shape index (κ1) is 15.5. The molecular weight excluding hydrogens is 290 g/mol. The average Bonchev–Trinajstić information content (AvgIpc) is 2.88. The van der Waals surface area contributed by atoms with Gasteiger partial charge in [0.2, 0.25) is 0 Å². The summed E-state index contributed by atoms with van der Waals surface area (Å²) in [5.41, 5.74) is 6.04. The third-order valence-electron chi connectivity index (χ3n) is 4.07. The fourth-order valence-corrected chi connectivity index (χ4v) is 2.87. The van der Waals surface area contributed by atoms with Crippen molar-refractivity contribution in [1.29, 1.82) is 0 Å². The molecule has 0 atom stereocenters. The van der Waals surface area contributed by atoms with Crippen LogP contribution in [0.5, 0.6) is 5.75 Å². The topological polar surface area (TPSA) is 60.2 Å². The number of aryl methyl sites for hydroxylation is 3. The lowest BCUT2D eigenvalue weighted by Crippen LogP contribution is -2.02. The summed E-state index contributed by atoms with van der Waals surface area (Å²) in [6, 6.07) is 6.10. The zero-order chi connectivity index (χ0) is 16.6. The van der Waals surface area contributed by atoms with Gasteiger partial charge in [0.1, 0.15) is 5.75 Å². The van der Waals surface area contributed by atoms with Crippen LogP contribution in [-0.2, 0) is 6.54 Å². The third kappa shape index (κ3) is 2.80. The van der Waals surface area contributed by atoms with Gasteiger partial charge in [-0.05, 0) is 50.1 Å². The van der Waals surface area contributed by atoms with Crippen LogP contribution < -0.4 is 4.74 Å². The van der Waals surface area contributed by atoms with Gasteiger partial charge >= 0.3 is 0 Å². The highest BCUT2D eigenvalue weighted by molar-refractivity contribution is 5.88. The molecule has 23 heavy (non-hydrogen) atoms. The van der Waals surface area contributed by atoms with Crippen LogP contribution in [0.15, 0.2) is 24.4 Å². The summed E-state index contributed by atoms with van der Waals surface area (Å²) in [4.78, 5) is 4.84. The molecule has 0 saturated heterocycles. The Morgan fingerprint density at radius 1 is 1.13 bits per heavy atom. The van der Waals surface area contributed by atoms with Gasteiger partial charge < -0.3 is 9.84 Å². The molecule has 1 N–H and O–H groups in total. The van der Waals surface area contributed by atoms with Gasteiger partial charge in [-0.25, -0.2) is 4.98 Å². The second-order valence-corrected chi connectivity index (χ2v) is 5.78. The Morgan fingerprint density at radius 2 is 1.91 bits per heavy atom. The quantitative estimate of drug-likeness (QED) is 0.804. The molecule has 5 heteroatoms. The van der Waals surface area contributed by atoms with E-state index in [0.717, 1.165) is 44.7 Å². The van der Waals surface area contributed by atoms with E-state index in [1.54, 1.807) is 11.8 Å². The Kier molecular flexibility index (Phi) is 4.05. The van der Waals surface area contributed by atoms with Gasteiger partial charge in [0.05, 0.1) is 37.2 Å². The van der Waals surface area contributed by atoms with Crippen molar-refractivity contribution in [3.63, 3.8) is 0 Å². The van der Waals surface area contributed by atoms with Gasteiger partial charge in [-0.2, -0.15) is 5.10 Å². The van der Waals surface area contributed by atoms with Gasteiger partial charge in [0.15, 0.2) is 0 Å². The number of benzene rings is 1. The van der Waals surface area contributed by atoms with Crippen LogP contribution in [0.2, 0.25) is 0 Å². The van der Waals surface area contributed by atoms with E-state index in [0.29, 0.717) is 6.54 Å². The third-order valence-corrected chi connectivity index (χ3v) is 4.07. The first-order valence-corrected chi connectivity index (χ1v) is 7.64. The van der Waals surface area contributed by atoms with E-state index in [1.165, 1.54) is 0 Å². The highest BCUT2D eigenvalue weighted by Crippen LogP contribution is 2.30. The molecule has 0 unspecified atom stereocenters. The minimum atomic E-state index is 0.0731. The molecule has 0 aliphatic rings. The standard InChI is InChI=1S/C18H21N3O2/c1-11-8-17(16-10-21(5-6-22)20-13(16)3)19-18-12(2)7-14(23-4)9-15(11)18/h7-10,22H,5-6H2,1-4H3. The Balaban J connectivity index is 2.18. The van der Waals surface area contributed by atoms with Gasteiger partial charge in [0.25, 0.3) is 0 Å². The van der Waals surface area contributed by atoms with Crippen LogP contribution in [0.25, 0.3) is 22.2 Å². The van der Waals surface area contributed by atoms with E-state index in [9.17, 15) is 0 Å². The van der Waals surface area contributed by atoms with E-state index in [1.807, 2.05) is 32.2 Å². The molecule has 0 saturated carbocycles. The summed E-state index contributed by atoms with van der Waals surface area (Å²) >= 11 is 0. The van der Waals surface area contributed by atoms with E-state index < -0.39 is 0 Å². The fourth-order valence-electron chi connectivity index (χ4n) is 2.87. The molecular formula is C18H21N3O2. The van der Waals surface area contributed by atoms with Gasteiger partial charge in [-0.15, -0.1) is 0 Å². The van der Waals surface area contributed by atoms with Crippen LogP contribution in [0.1, 0.15) is 16.8 Å². The predicted octanol–water partition coefficient (Wildman–Crippen LogP) is 3.02. The number of methoxy groups -OCH3 is 1. The number of aliphatic hydroxyl groups excluding tert-OH is 1. The summed E-state index contributed by atoms with van der Waals surface area (Å²) in [6.45, 7) is 6.65. The highest BCUT2D eigenvalue weighted by Gasteiger charge is 2.13. The number of aromatic nitrogens is 3. The molecule has 2 heterocycles. The van der Waals surface area contributed by atoms with Crippen LogP contribution in [-0.4, -0.2) is 33.6 Å². The van der Waals surface area contributed by atoms with Crippen molar-refractivity contribution in [2.75, 3.05) is 13.7 Å². The van der Waals surface area contributed by atoms with E-state index in [-0.39, 0.29) is 6.61 Å². The molecule has 0 bridgehead atoms. The van der Waals surface area contributed by atoms with Crippen molar-refractivity contribution in [1.82, 2.24) is 14.8 Å². The number of pyridine rings is 1. The fraction of sp³-hybridized carbons (Fsp3) is 0.333. The summed E-state index contributed by atoms with van der Waals surface area (Å²) in [6.07, 6.45) is 1.94. The first-order valence-electron chi connectivity index (χ1n) is 7.64. The average molecular weight is 311 g/mol. The Hall–Kier alpha value is -2.40. The van der Waals surface area contributed by atoms with Gasteiger partial charge in [-0.3, -0.25) is 4.68 Å². The van der Waals surface area contributed by atoms with E-state index in [2.05, 4.69) is 18.1 Å². The maximum Gasteiger partial charge on any atom is 0.119 e. The number of hydrogen-bond acceptors (Lipinski definition) is 4. The molecule has 0 amide bonds. The summed E-state index contributed by atoms with van der Waals surface area (Å²) in [7, 11) is 1.68. The molecule has 0 aliphatic heterocycles. The molecule has 3 rings (SSSR count). The van der Waals surface area contributed by atoms with E-state index >= 15 is 0 Å². The van der Waals surface area contributed by atoms with Gasteiger partial charge in [-0.1, -0.05) is 0 Å². The minimum absolute atomic E-state index is 0.0731.